The van der Waals surface area contributed by atoms with Gasteiger partial charge in [0.1, 0.15) is 0 Å². The number of ether oxygens (including phenoxy) is 2. The molecule has 9 heteroatoms. The molecule has 9 nitrogen and oxygen atoms in total. The molecule has 0 aromatic heterocycles. The minimum Gasteiger partial charge on any atom is -0.382 e. The fraction of sp³-hybridized carbons (Fsp3) is 0.846. The van der Waals surface area contributed by atoms with Gasteiger partial charge in [0.25, 0.3) is 0 Å². The number of hydrogen-bond acceptors (Lipinski definition) is 7. The Balaban J connectivity index is 3.60. The van der Waals surface area contributed by atoms with E-state index >= 15 is 0 Å². The smallest absolute Gasteiger partial charge is 0.237 e. The average molecular weight is 319 g/mol. The first-order valence-electron chi connectivity index (χ1n) is 7.39. The van der Waals surface area contributed by atoms with Crippen LogP contribution in [0.5, 0.6) is 0 Å². The van der Waals surface area contributed by atoms with Gasteiger partial charge in [0.2, 0.25) is 11.8 Å². The molecule has 1 unspecified atom stereocenters. The van der Waals surface area contributed by atoms with Gasteiger partial charge in [-0.3, -0.25) is 9.59 Å². The van der Waals surface area contributed by atoms with Gasteiger partial charge in [-0.25, -0.2) is 0 Å². The Morgan fingerprint density at radius 2 is 1.82 bits per heavy atom. The van der Waals surface area contributed by atoms with Crippen LogP contribution in [-0.4, -0.2) is 77.5 Å². The molecule has 130 valence electrons. The van der Waals surface area contributed by atoms with Gasteiger partial charge in [0.15, 0.2) is 0 Å². The molecule has 0 spiro atoms. The summed E-state index contributed by atoms with van der Waals surface area (Å²) < 4.78 is 10.0. The zero-order valence-corrected chi connectivity index (χ0v) is 13.2. The largest absolute Gasteiger partial charge is 0.382 e. The maximum absolute atomic E-state index is 11.7. The van der Waals surface area contributed by atoms with E-state index in [9.17, 15) is 9.59 Å². The first-order valence-corrected chi connectivity index (χ1v) is 7.39. The van der Waals surface area contributed by atoms with Crippen molar-refractivity contribution in [2.75, 3.05) is 59.7 Å². The number of nitrogens with two attached hydrogens (primary N) is 2. The molecule has 0 fully saturated rings. The van der Waals surface area contributed by atoms with Crippen molar-refractivity contribution in [1.29, 1.82) is 0 Å². The molecule has 0 saturated heterocycles. The number of amides is 2. The van der Waals surface area contributed by atoms with Gasteiger partial charge in [0.05, 0.1) is 32.3 Å². The SMILES string of the molecule is COCCOCCNC(=O)C(N)CC(=O)NCCNCCN. The van der Waals surface area contributed by atoms with Crippen molar-refractivity contribution in [3.05, 3.63) is 0 Å². The van der Waals surface area contributed by atoms with Gasteiger partial charge in [0, 0.05) is 39.8 Å². The Morgan fingerprint density at radius 3 is 2.50 bits per heavy atom. The molecule has 7 N–H and O–H groups in total. The van der Waals surface area contributed by atoms with E-state index in [1.54, 1.807) is 7.11 Å². The quantitative estimate of drug-likeness (QED) is 0.217. The van der Waals surface area contributed by atoms with Crippen molar-refractivity contribution in [2.45, 2.75) is 12.5 Å². The molecule has 0 heterocycles. The molecule has 0 radical (unpaired) electrons. The fourth-order valence-corrected chi connectivity index (χ4v) is 1.50. The van der Waals surface area contributed by atoms with Crippen molar-refractivity contribution in [3.63, 3.8) is 0 Å². The number of rotatable bonds is 14. The van der Waals surface area contributed by atoms with Crippen LogP contribution in [0.15, 0.2) is 0 Å². The van der Waals surface area contributed by atoms with Crippen molar-refractivity contribution < 1.29 is 19.1 Å². The molecule has 0 rings (SSSR count). The van der Waals surface area contributed by atoms with Gasteiger partial charge in [-0.1, -0.05) is 0 Å². The average Bonchev–Trinajstić information content (AvgIpc) is 2.50. The number of carbonyl (C=O) groups is 2. The summed E-state index contributed by atoms with van der Waals surface area (Å²) in [5.41, 5.74) is 11.0. The monoisotopic (exact) mass is 319 g/mol. The predicted octanol–water partition coefficient (Wildman–Crippen LogP) is -2.85. The Bertz CT molecular complexity index is 304. The minimum absolute atomic E-state index is 0.0484. The molecule has 0 bridgehead atoms. The van der Waals surface area contributed by atoms with Crippen molar-refractivity contribution >= 4 is 11.8 Å². The Hall–Kier alpha value is -1.26. The van der Waals surface area contributed by atoms with Crippen LogP contribution in [0.3, 0.4) is 0 Å². The molecule has 0 saturated carbocycles. The Labute approximate surface area is 131 Å². The molecular weight excluding hydrogens is 290 g/mol. The summed E-state index contributed by atoms with van der Waals surface area (Å²) >= 11 is 0. The van der Waals surface area contributed by atoms with E-state index in [1.165, 1.54) is 0 Å². The maximum atomic E-state index is 11.7. The fourth-order valence-electron chi connectivity index (χ4n) is 1.50. The lowest BCUT2D eigenvalue weighted by atomic mass is 10.2. The molecule has 2 amide bonds. The van der Waals surface area contributed by atoms with E-state index in [0.717, 1.165) is 0 Å². The maximum Gasteiger partial charge on any atom is 0.237 e. The zero-order chi connectivity index (χ0) is 16.6. The van der Waals surface area contributed by atoms with Crippen molar-refractivity contribution in [2.24, 2.45) is 11.5 Å². The lowest BCUT2D eigenvalue weighted by Gasteiger charge is -2.12. The third kappa shape index (κ3) is 12.5. The third-order valence-corrected chi connectivity index (χ3v) is 2.66. The highest BCUT2D eigenvalue weighted by Gasteiger charge is 2.16. The van der Waals surface area contributed by atoms with Gasteiger partial charge in [-0.05, 0) is 0 Å². The predicted molar refractivity (Wildman–Crippen MR) is 83.2 cm³/mol. The molecule has 0 aliphatic carbocycles. The van der Waals surface area contributed by atoms with E-state index in [0.29, 0.717) is 52.5 Å². The molecule has 0 aliphatic rings. The second-order valence-corrected chi connectivity index (χ2v) is 4.60. The highest BCUT2D eigenvalue weighted by molar-refractivity contribution is 5.88. The van der Waals surface area contributed by atoms with E-state index < -0.39 is 6.04 Å². The van der Waals surface area contributed by atoms with Crippen molar-refractivity contribution in [1.82, 2.24) is 16.0 Å². The topological polar surface area (TPSA) is 141 Å². The first-order chi connectivity index (χ1) is 10.6. The number of methoxy groups -OCH3 is 1. The highest BCUT2D eigenvalue weighted by Crippen LogP contribution is 1.88. The van der Waals surface area contributed by atoms with Crippen LogP contribution in [0.1, 0.15) is 6.42 Å². The van der Waals surface area contributed by atoms with E-state index in [-0.39, 0.29) is 18.2 Å². The summed E-state index contributed by atoms with van der Waals surface area (Å²) in [7, 11) is 1.59. The zero-order valence-electron chi connectivity index (χ0n) is 13.2. The normalized spacial score (nSPS) is 12.0. The van der Waals surface area contributed by atoms with Crippen LogP contribution in [-0.2, 0) is 19.1 Å². The van der Waals surface area contributed by atoms with Gasteiger partial charge in [-0.15, -0.1) is 0 Å². The van der Waals surface area contributed by atoms with E-state index in [2.05, 4.69) is 16.0 Å². The van der Waals surface area contributed by atoms with Gasteiger partial charge >= 0.3 is 0 Å². The summed E-state index contributed by atoms with van der Waals surface area (Å²) in [6, 6.07) is -0.865. The summed E-state index contributed by atoms with van der Waals surface area (Å²) in [5.74, 6) is -0.625. The summed E-state index contributed by atoms with van der Waals surface area (Å²) in [6.07, 6.45) is -0.0484. The second-order valence-electron chi connectivity index (χ2n) is 4.60. The standard InChI is InChI=1S/C13H29N5O4/c1-21-8-9-22-7-6-18-13(20)11(15)10-12(19)17-5-4-16-3-2-14/h11,16H,2-10,14-15H2,1H3,(H,17,19)(H,18,20). The van der Waals surface area contributed by atoms with E-state index in [4.69, 9.17) is 20.9 Å². The van der Waals surface area contributed by atoms with Gasteiger partial charge < -0.3 is 36.9 Å². The van der Waals surface area contributed by atoms with Crippen LogP contribution < -0.4 is 27.4 Å². The van der Waals surface area contributed by atoms with Crippen LogP contribution in [0.25, 0.3) is 0 Å². The molecular formula is C13H29N5O4. The molecule has 0 aromatic rings. The summed E-state index contributed by atoms with van der Waals surface area (Å²) in [4.78, 5) is 23.2. The number of carbonyl (C=O) groups excluding carboxylic acids is 2. The third-order valence-electron chi connectivity index (χ3n) is 2.66. The summed E-state index contributed by atoms with van der Waals surface area (Å²) in [5, 5.41) is 8.33. The molecule has 0 aromatic carbocycles. The number of hydrogen-bond donors (Lipinski definition) is 5. The van der Waals surface area contributed by atoms with Crippen LogP contribution in [0.4, 0.5) is 0 Å². The molecule has 0 aliphatic heterocycles. The molecule has 1 atom stereocenters. The Morgan fingerprint density at radius 1 is 1.05 bits per heavy atom. The first kappa shape index (κ1) is 20.7. The molecule has 22 heavy (non-hydrogen) atoms. The minimum atomic E-state index is -0.865. The Kier molecular flexibility index (Phi) is 13.8. The lowest BCUT2D eigenvalue weighted by molar-refractivity contribution is -0.127. The van der Waals surface area contributed by atoms with Crippen molar-refractivity contribution in [3.8, 4) is 0 Å². The van der Waals surface area contributed by atoms with Crippen LogP contribution in [0.2, 0.25) is 0 Å². The highest BCUT2D eigenvalue weighted by atomic mass is 16.5. The second kappa shape index (κ2) is 14.7. The number of nitrogens with one attached hydrogen (secondary N) is 3. The van der Waals surface area contributed by atoms with Crippen LogP contribution >= 0.6 is 0 Å². The van der Waals surface area contributed by atoms with Gasteiger partial charge in [-0.2, -0.15) is 0 Å². The van der Waals surface area contributed by atoms with E-state index in [1.807, 2.05) is 0 Å². The van der Waals surface area contributed by atoms with Crippen LogP contribution in [0, 0.1) is 0 Å². The lowest BCUT2D eigenvalue weighted by Crippen LogP contribution is -2.45. The summed E-state index contributed by atoms with van der Waals surface area (Å²) in [6.45, 7) is 4.05.